The first-order valence-corrected chi connectivity index (χ1v) is 11.1. The summed E-state index contributed by atoms with van der Waals surface area (Å²) in [4.78, 5) is 9.58. The van der Waals surface area contributed by atoms with Gasteiger partial charge in [-0.15, -0.1) is 24.0 Å². The zero-order valence-electron chi connectivity index (χ0n) is 18.0. The van der Waals surface area contributed by atoms with E-state index in [1.54, 1.807) is 0 Å². The van der Waals surface area contributed by atoms with Crippen molar-refractivity contribution in [3.05, 3.63) is 0 Å². The predicted molar refractivity (Wildman–Crippen MR) is 126 cm³/mol. The van der Waals surface area contributed by atoms with Crippen LogP contribution in [0.5, 0.6) is 0 Å². The van der Waals surface area contributed by atoms with Crippen molar-refractivity contribution in [1.82, 2.24) is 15.1 Å². The third-order valence-electron chi connectivity index (χ3n) is 6.83. The Kier molecular flexibility index (Phi) is 10.8. The molecule has 3 fully saturated rings. The molecule has 28 heavy (non-hydrogen) atoms. The maximum absolute atomic E-state index is 5.61. The van der Waals surface area contributed by atoms with Gasteiger partial charge in [-0.1, -0.05) is 19.3 Å². The molecule has 0 spiro atoms. The lowest BCUT2D eigenvalue weighted by molar-refractivity contribution is -0.0354. The van der Waals surface area contributed by atoms with Gasteiger partial charge in [0.2, 0.25) is 0 Å². The van der Waals surface area contributed by atoms with E-state index in [4.69, 9.17) is 9.47 Å². The van der Waals surface area contributed by atoms with Gasteiger partial charge in [0.25, 0.3) is 0 Å². The van der Waals surface area contributed by atoms with Gasteiger partial charge in [0.05, 0.1) is 13.2 Å². The molecule has 1 N–H and O–H groups in total. The SMILES string of the molecule is CN=C(NCC1(N2CCOCC2)CCCCC1)N(C)CCC1CCOCC1.I. The maximum atomic E-state index is 5.61. The van der Waals surface area contributed by atoms with Crippen molar-refractivity contribution in [2.75, 3.05) is 66.7 Å². The molecule has 1 saturated carbocycles. The molecule has 0 aromatic heterocycles. The molecule has 3 aliphatic rings. The van der Waals surface area contributed by atoms with E-state index in [1.807, 2.05) is 7.05 Å². The highest BCUT2D eigenvalue weighted by Crippen LogP contribution is 2.34. The van der Waals surface area contributed by atoms with E-state index >= 15 is 0 Å². The van der Waals surface area contributed by atoms with E-state index < -0.39 is 0 Å². The highest BCUT2D eigenvalue weighted by molar-refractivity contribution is 14.0. The number of aliphatic imine (C=N–C) groups is 1. The summed E-state index contributed by atoms with van der Waals surface area (Å²) in [6, 6.07) is 0. The van der Waals surface area contributed by atoms with Crippen LogP contribution >= 0.6 is 24.0 Å². The molecular weight excluding hydrogens is 467 g/mol. The Morgan fingerprint density at radius 3 is 2.36 bits per heavy atom. The molecule has 0 aromatic rings. The summed E-state index contributed by atoms with van der Waals surface area (Å²) in [7, 11) is 4.09. The number of ether oxygens (including phenoxy) is 2. The number of hydrogen-bond acceptors (Lipinski definition) is 4. The van der Waals surface area contributed by atoms with Crippen molar-refractivity contribution in [3.8, 4) is 0 Å². The first kappa shape index (κ1) is 24.2. The summed E-state index contributed by atoms with van der Waals surface area (Å²) in [5, 5.41) is 3.73. The molecule has 7 heteroatoms. The molecule has 3 rings (SSSR count). The van der Waals surface area contributed by atoms with Crippen molar-refractivity contribution >= 4 is 29.9 Å². The third-order valence-corrected chi connectivity index (χ3v) is 6.83. The number of nitrogens with zero attached hydrogens (tertiary/aromatic N) is 3. The second-order valence-corrected chi connectivity index (χ2v) is 8.55. The summed E-state index contributed by atoms with van der Waals surface area (Å²) < 4.78 is 11.1. The van der Waals surface area contributed by atoms with Gasteiger partial charge in [0.1, 0.15) is 0 Å². The first-order chi connectivity index (χ1) is 13.2. The number of rotatable bonds is 6. The lowest BCUT2D eigenvalue weighted by Crippen LogP contribution is -2.60. The van der Waals surface area contributed by atoms with Crippen LogP contribution in [0.1, 0.15) is 51.4 Å². The Bertz CT molecular complexity index is 459. The number of halogens is 1. The standard InChI is InChI=1S/C21H40N4O2.HI/c1-22-20(24(2)11-6-19-7-14-26-15-8-19)23-18-21(9-4-3-5-10-21)25-12-16-27-17-13-25;/h19H,3-18H2,1-2H3,(H,22,23);1H. The average Bonchev–Trinajstić information content (AvgIpc) is 2.75. The molecule has 0 amide bonds. The predicted octanol–water partition coefficient (Wildman–Crippen LogP) is 2.96. The topological polar surface area (TPSA) is 49.3 Å². The van der Waals surface area contributed by atoms with Gasteiger partial charge in [-0.3, -0.25) is 9.89 Å². The Balaban J connectivity index is 0.00000280. The van der Waals surface area contributed by atoms with Gasteiger partial charge in [0, 0.05) is 59.0 Å². The minimum atomic E-state index is 0. The smallest absolute Gasteiger partial charge is 0.193 e. The average molecular weight is 508 g/mol. The van der Waals surface area contributed by atoms with Gasteiger partial charge >= 0.3 is 0 Å². The van der Waals surface area contributed by atoms with Crippen LogP contribution in [0, 0.1) is 5.92 Å². The lowest BCUT2D eigenvalue weighted by Gasteiger charge is -2.48. The van der Waals surface area contributed by atoms with E-state index in [9.17, 15) is 0 Å². The van der Waals surface area contributed by atoms with Crippen LogP contribution in [0.15, 0.2) is 4.99 Å². The molecule has 6 nitrogen and oxygen atoms in total. The Morgan fingerprint density at radius 1 is 1.07 bits per heavy atom. The van der Waals surface area contributed by atoms with E-state index in [0.29, 0.717) is 0 Å². The van der Waals surface area contributed by atoms with Gasteiger partial charge in [-0.05, 0) is 38.0 Å². The third kappa shape index (κ3) is 6.71. The van der Waals surface area contributed by atoms with E-state index in [-0.39, 0.29) is 29.5 Å². The fraction of sp³-hybridized carbons (Fsp3) is 0.952. The Morgan fingerprint density at radius 2 is 1.71 bits per heavy atom. The fourth-order valence-electron chi connectivity index (χ4n) is 5.00. The monoisotopic (exact) mass is 508 g/mol. The minimum absolute atomic E-state index is 0. The van der Waals surface area contributed by atoms with E-state index in [2.05, 4.69) is 27.2 Å². The molecule has 2 aliphatic heterocycles. The Hall–Kier alpha value is -0.120. The molecule has 2 saturated heterocycles. The highest BCUT2D eigenvalue weighted by Gasteiger charge is 2.38. The second kappa shape index (κ2) is 12.5. The summed E-state index contributed by atoms with van der Waals surface area (Å²) >= 11 is 0. The van der Waals surface area contributed by atoms with E-state index in [0.717, 1.165) is 64.5 Å². The first-order valence-electron chi connectivity index (χ1n) is 11.1. The largest absolute Gasteiger partial charge is 0.381 e. The molecule has 1 aliphatic carbocycles. The summed E-state index contributed by atoms with van der Waals surface area (Å²) in [6.07, 6.45) is 10.3. The summed E-state index contributed by atoms with van der Waals surface area (Å²) in [5.41, 5.74) is 0.277. The maximum Gasteiger partial charge on any atom is 0.193 e. The zero-order chi connectivity index (χ0) is 19.0. The van der Waals surface area contributed by atoms with Crippen molar-refractivity contribution in [1.29, 1.82) is 0 Å². The van der Waals surface area contributed by atoms with Gasteiger partial charge in [-0.2, -0.15) is 0 Å². The van der Waals surface area contributed by atoms with Crippen LogP contribution in [-0.2, 0) is 9.47 Å². The number of morpholine rings is 1. The van der Waals surface area contributed by atoms with Crippen LogP contribution in [0.4, 0.5) is 0 Å². The second-order valence-electron chi connectivity index (χ2n) is 8.55. The number of nitrogens with one attached hydrogen (secondary N) is 1. The van der Waals surface area contributed by atoms with Crippen LogP contribution in [0.2, 0.25) is 0 Å². The highest BCUT2D eigenvalue weighted by atomic mass is 127. The Labute approximate surface area is 188 Å². The summed E-state index contributed by atoms with van der Waals surface area (Å²) in [6.45, 7) is 7.83. The van der Waals surface area contributed by atoms with Gasteiger partial charge in [-0.25, -0.2) is 0 Å². The lowest BCUT2D eigenvalue weighted by atomic mass is 9.79. The zero-order valence-corrected chi connectivity index (χ0v) is 20.3. The van der Waals surface area contributed by atoms with Crippen LogP contribution < -0.4 is 5.32 Å². The van der Waals surface area contributed by atoms with Crippen molar-refractivity contribution in [2.24, 2.45) is 10.9 Å². The molecule has 164 valence electrons. The van der Waals surface area contributed by atoms with Crippen molar-refractivity contribution in [3.63, 3.8) is 0 Å². The molecular formula is C21H41IN4O2. The molecule has 2 heterocycles. The normalized spacial score (nSPS) is 24.4. The van der Waals surface area contributed by atoms with Gasteiger partial charge < -0.3 is 19.7 Å². The van der Waals surface area contributed by atoms with Crippen LogP contribution in [0.25, 0.3) is 0 Å². The molecule has 0 radical (unpaired) electrons. The van der Waals surface area contributed by atoms with E-state index in [1.165, 1.54) is 51.4 Å². The van der Waals surface area contributed by atoms with Crippen LogP contribution in [0.3, 0.4) is 0 Å². The molecule has 0 unspecified atom stereocenters. The van der Waals surface area contributed by atoms with Gasteiger partial charge in [0.15, 0.2) is 5.96 Å². The quantitative estimate of drug-likeness (QED) is 0.340. The molecule has 0 atom stereocenters. The summed E-state index contributed by atoms with van der Waals surface area (Å²) in [5.74, 6) is 1.85. The molecule has 0 aromatic carbocycles. The fourth-order valence-corrected chi connectivity index (χ4v) is 5.00. The molecule has 0 bridgehead atoms. The van der Waals surface area contributed by atoms with Crippen LogP contribution in [-0.4, -0.2) is 88.0 Å². The van der Waals surface area contributed by atoms with Crippen molar-refractivity contribution in [2.45, 2.75) is 56.9 Å². The minimum Gasteiger partial charge on any atom is -0.381 e. The number of hydrogen-bond donors (Lipinski definition) is 1. The van der Waals surface area contributed by atoms with Crippen molar-refractivity contribution < 1.29 is 9.47 Å². The number of guanidine groups is 1.